The number of hydrogen-bond donors (Lipinski definition) is 1. The molecule has 1 N–H and O–H groups in total. The molecule has 1 aromatic rings. The van der Waals surface area contributed by atoms with E-state index in [9.17, 15) is 4.79 Å². The smallest absolute Gasteiger partial charge is 0.265 e. The van der Waals surface area contributed by atoms with Crippen molar-refractivity contribution in [3.8, 4) is 0 Å². The number of rotatable bonds is 8. The van der Waals surface area contributed by atoms with Crippen molar-refractivity contribution in [2.75, 3.05) is 13.1 Å². The van der Waals surface area contributed by atoms with E-state index < -0.39 is 0 Å². The topological polar surface area (TPSA) is 32.3 Å². The van der Waals surface area contributed by atoms with Crippen LogP contribution in [0.1, 0.15) is 49.9 Å². The van der Waals surface area contributed by atoms with Crippen molar-refractivity contribution < 1.29 is 4.79 Å². The fraction of sp³-hybridized carbons (Fsp3) is 0.533. The number of carbonyl (C=O) groups is 1. The quantitative estimate of drug-likeness (QED) is 0.716. The van der Waals surface area contributed by atoms with Gasteiger partial charge in [0, 0.05) is 18.7 Å². The predicted molar refractivity (Wildman–Crippen MR) is 74.1 cm³/mol. The van der Waals surface area contributed by atoms with Gasteiger partial charge in [-0.1, -0.05) is 38.8 Å². The Kier molecular flexibility index (Phi) is 7.11. The van der Waals surface area contributed by atoms with Crippen LogP contribution in [0, 0.1) is 6.07 Å². The second kappa shape index (κ2) is 8.70. The first-order valence-corrected chi connectivity index (χ1v) is 6.80. The van der Waals surface area contributed by atoms with Gasteiger partial charge in [-0.2, -0.15) is 0 Å². The van der Waals surface area contributed by atoms with Crippen molar-refractivity contribution in [3.05, 3.63) is 35.9 Å². The summed E-state index contributed by atoms with van der Waals surface area (Å²) in [6.45, 7) is 6.15. The van der Waals surface area contributed by atoms with Crippen LogP contribution in [0.3, 0.4) is 0 Å². The average Bonchev–Trinajstić information content (AvgIpc) is 2.42. The Hall–Kier alpha value is -1.35. The van der Waals surface area contributed by atoms with Crippen molar-refractivity contribution in [1.29, 1.82) is 0 Å². The van der Waals surface area contributed by atoms with E-state index >= 15 is 0 Å². The first-order chi connectivity index (χ1) is 8.77. The van der Waals surface area contributed by atoms with Gasteiger partial charge in [-0.25, -0.2) is 5.01 Å². The lowest BCUT2D eigenvalue weighted by molar-refractivity contribution is 0.0782. The van der Waals surface area contributed by atoms with Gasteiger partial charge in [-0.3, -0.25) is 10.2 Å². The summed E-state index contributed by atoms with van der Waals surface area (Å²) in [4.78, 5) is 12.0. The molecule has 0 bridgehead atoms. The molecular formula is C15H23N2O. The van der Waals surface area contributed by atoms with E-state index in [1.54, 1.807) is 24.3 Å². The lowest BCUT2D eigenvalue weighted by Crippen LogP contribution is -2.43. The number of hydrogen-bond acceptors (Lipinski definition) is 2. The van der Waals surface area contributed by atoms with Crippen LogP contribution >= 0.6 is 0 Å². The maximum absolute atomic E-state index is 12.0. The second-order valence-electron chi connectivity index (χ2n) is 4.42. The molecule has 18 heavy (non-hydrogen) atoms. The number of hydrazine groups is 1. The summed E-state index contributed by atoms with van der Waals surface area (Å²) in [6, 6.07) is 10.0. The summed E-state index contributed by atoms with van der Waals surface area (Å²) in [7, 11) is 0. The third-order valence-electron chi connectivity index (χ3n) is 2.80. The Labute approximate surface area is 110 Å². The largest absolute Gasteiger partial charge is 0.285 e. The average molecular weight is 247 g/mol. The lowest BCUT2D eigenvalue weighted by atomic mass is 10.2. The van der Waals surface area contributed by atoms with Gasteiger partial charge in [0.15, 0.2) is 0 Å². The van der Waals surface area contributed by atoms with E-state index in [0.29, 0.717) is 5.56 Å². The number of nitrogens with zero attached hydrogens (tertiary/aromatic N) is 1. The fourth-order valence-electron chi connectivity index (χ4n) is 1.67. The van der Waals surface area contributed by atoms with Gasteiger partial charge in [0.05, 0.1) is 0 Å². The molecule has 0 aliphatic carbocycles. The maximum atomic E-state index is 12.0. The number of unbranched alkanes of at least 4 members (excludes halogenated alkanes) is 2. The molecule has 0 aliphatic heterocycles. The highest BCUT2D eigenvalue weighted by molar-refractivity contribution is 5.93. The van der Waals surface area contributed by atoms with Crippen LogP contribution < -0.4 is 5.43 Å². The van der Waals surface area contributed by atoms with Gasteiger partial charge >= 0.3 is 0 Å². The first-order valence-electron chi connectivity index (χ1n) is 6.80. The van der Waals surface area contributed by atoms with Crippen molar-refractivity contribution >= 4 is 5.91 Å². The van der Waals surface area contributed by atoms with Crippen LogP contribution in [0.2, 0.25) is 0 Å². The number of amides is 1. The molecule has 1 amide bonds. The van der Waals surface area contributed by atoms with Crippen molar-refractivity contribution in [3.63, 3.8) is 0 Å². The van der Waals surface area contributed by atoms with Gasteiger partial charge < -0.3 is 0 Å². The fourth-order valence-corrected chi connectivity index (χ4v) is 1.67. The first kappa shape index (κ1) is 14.7. The highest BCUT2D eigenvalue weighted by Gasteiger charge is 2.09. The lowest BCUT2D eigenvalue weighted by Gasteiger charge is -2.22. The normalized spacial score (nSPS) is 10.6. The molecule has 0 spiro atoms. The minimum Gasteiger partial charge on any atom is -0.285 e. The van der Waals surface area contributed by atoms with E-state index in [2.05, 4.69) is 25.3 Å². The monoisotopic (exact) mass is 247 g/mol. The summed E-state index contributed by atoms with van der Waals surface area (Å²) in [5.74, 6) is -0.0313. The summed E-state index contributed by atoms with van der Waals surface area (Å²) in [5.41, 5.74) is 3.67. The van der Waals surface area contributed by atoms with Gasteiger partial charge in [-0.05, 0) is 31.0 Å². The molecule has 1 radical (unpaired) electrons. The molecule has 0 fully saturated rings. The van der Waals surface area contributed by atoms with Crippen LogP contribution in [-0.4, -0.2) is 24.0 Å². The Morgan fingerprint density at radius 1 is 1.17 bits per heavy atom. The molecule has 0 saturated carbocycles. The predicted octanol–water partition coefficient (Wildman–Crippen LogP) is 3.03. The Morgan fingerprint density at radius 3 is 2.22 bits per heavy atom. The number of nitrogens with one attached hydrogen (secondary N) is 1. The molecule has 0 aromatic heterocycles. The molecular weight excluding hydrogens is 224 g/mol. The molecule has 3 nitrogen and oxygen atoms in total. The SMILES string of the molecule is CCCCN(CCCC)NC(=O)c1cc[c]cc1. The molecule has 99 valence electrons. The molecule has 0 aliphatic rings. The minimum absolute atomic E-state index is 0.0313. The summed E-state index contributed by atoms with van der Waals surface area (Å²) < 4.78 is 0. The molecule has 0 saturated heterocycles. The van der Waals surface area contributed by atoms with E-state index in [4.69, 9.17) is 0 Å². The van der Waals surface area contributed by atoms with Gasteiger partial charge in [0.25, 0.3) is 5.91 Å². The molecule has 3 heteroatoms. The zero-order valence-electron chi connectivity index (χ0n) is 11.4. The van der Waals surface area contributed by atoms with E-state index in [-0.39, 0.29) is 5.91 Å². The zero-order chi connectivity index (χ0) is 13.2. The van der Waals surface area contributed by atoms with Crippen LogP contribution in [0.4, 0.5) is 0 Å². The van der Waals surface area contributed by atoms with Crippen LogP contribution in [0.5, 0.6) is 0 Å². The van der Waals surface area contributed by atoms with Crippen LogP contribution in [0.15, 0.2) is 24.3 Å². The summed E-state index contributed by atoms with van der Waals surface area (Å²) >= 11 is 0. The standard InChI is InChI=1S/C15H23N2O/c1-3-5-12-17(13-6-4-2)16-15(18)14-10-8-7-9-11-14/h8-11H,3-6,12-13H2,1-2H3,(H,16,18). The van der Waals surface area contributed by atoms with Crippen molar-refractivity contribution in [1.82, 2.24) is 10.4 Å². The minimum atomic E-state index is -0.0313. The molecule has 1 aromatic carbocycles. The van der Waals surface area contributed by atoms with Crippen LogP contribution in [0.25, 0.3) is 0 Å². The Morgan fingerprint density at radius 2 is 1.72 bits per heavy atom. The van der Waals surface area contributed by atoms with Crippen molar-refractivity contribution in [2.24, 2.45) is 0 Å². The van der Waals surface area contributed by atoms with E-state index in [0.717, 1.165) is 38.8 Å². The third kappa shape index (κ3) is 5.32. The van der Waals surface area contributed by atoms with Gasteiger partial charge in [0.1, 0.15) is 0 Å². The van der Waals surface area contributed by atoms with Gasteiger partial charge in [-0.15, -0.1) is 0 Å². The molecule has 0 heterocycles. The number of benzene rings is 1. The second-order valence-corrected chi connectivity index (χ2v) is 4.42. The van der Waals surface area contributed by atoms with Crippen molar-refractivity contribution in [2.45, 2.75) is 39.5 Å². The van der Waals surface area contributed by atoms with Gasteiger partial charge in [0.2, 0.25) is 0 Å². The maximum Gasteiger partial charge on any atom is 0.265 e. The number of carbonyl (C=O) groups excluding carboxylic acids is 1. The summed E-state index contributed by atoms with van der Waals surface area (Å²) in [6.07, 6.45) is 4.48. The van der Waals surface area contributed by atoms with E-state index in [1.165, 1.54) is 0 Å². The molecule has 0 atom stereocenters. The Balaban J connectivity index is 2.50. The highest BCUT2D eigenvalue weighted by Crippen LogP contribution is 2.01. The molecule has 0 unspecified atom stereocenters. The summed E-state index contributed by atoms with van der Waals surface area (Å²) in [5, 5.41) is 2.03. The zero-order valence-corrected chi connectivity index (χ0v) is 11.4. The van der Waals surface area contributed by atoms with Crippen LogP contribution in [-0.2, 0) is 0 Å². The molecule has 1 rings (SSSR count). The third-order valence-corrected chi connectivity index (χ3v) is 2.80. The van der Waals surface area contributed by atoms with E-state index in [1.807, 2.05) is 5.01 Å². The Bertz CT molecular complexity index is 330. The highest BCUT2D eigenvalue weighted by atomic mass is 16.2.